The van der Waals surface area contributed by atoms with E-state index in [9.17, 15) is 0 Å². The van der Waals surface area contributed by atoms with Crippen molar-refractivity contribution in [3.63, 3.8) is 0 Å². The van der Waals surface area contributed by atoms with Crippen LogP contribution in [0.25, 0.3) is 24.3 Å². The van der Waals surface area contributed by atoms with Gasteiger partial charge in [0.15, 0.2) is 0 Å². The van der Waals surface area contributed by atoms with Gasteiger partial charge in [-0.1, -0.05) is 93.4 Å². The number of hydrogen-bond donors (Lipinski definition) is 0. The highest BCUT2D eigenvalue weighted by Gasteiger charge is 2.34. The van der Waals surface area contributed by atoms with Crippen LogP contribution in [-0.4, -0.2) is 0 Å². The molecular weight excluding hydrogens is 384 g/mol. The maximum absolute atomic E-state index is 6.31. The van der Waals surface area contributed by atoms with Crippen molar-refractivity contribution in [1.29, 1.82) is 0 Å². The molecule has 0 radical (unpaired) electrons. The van der Waals surface area contributed by atoms with Gasteiger partial charge in [0.25, 0.3) is 0 Å². The van der Waals surface area contributed by atoms with Crippen LogP contribution in [0, 0.1) is 6.92 Å². The van der Waals surface area contributed by atoms with Crippen molar-refractivity contribution < 1.29 is 0 Å². The third kappa shape index (κ3) is 2.81. The summed E-state index contributed by atoms with van der Waals surface area (Å²) >= 11 is 6.31. The van der Waals surface area contributed by atoms with Crippen molar-refractivity contribution in [3.05, 3.63) is 104 Å². The second kappa shape index (κ2) is 6.46. The van der Waals surface area contributed by atoms with Crippen LogP contribution in [0.1, 0.15) is 77.8 Å². The average Bonchev–Trinajstić information content (AvgIpc) is 2.87. The maximum Gasteiger partial charge on any atom is 0.0412 e. The molecule has 2 aliphatic carbocycles. The van der Waals surface area contributed by atoms with Gasteiger partial charge in [-0.2, -0.15) is 0 Å². The zero-order valence-corrected chi connectivity index (χ0v) is 19.1. The molecule has 5 rings (SSSR count). The minimum atomic E-state index is -0.110. The third-order valence-electron chi connectivity index (χ3n) is 7.02. The molecule has 0 saturated heterocycles. The van der Waals surface area contributed by atoms with Crippen LogP contribution in [0.15, 0.2) is 48.5 Å². The number of fused-ring (bicyclic) bond motifs is 4. The second-order valence-corrected chi connectivity index (χ2v) is 10.2. The minimum Gasteiger partial charge on any atom is -0.0843 e. The Labute approximate surface area is 184 Å². The zero-order chi connectivity index (χ0) is 21.3. The molecular formula is C29H27Cl. The highest BCUT2D eigenvalue weighted by atomic mass is 35.5. The molecule has 150 valence electrons. The number of hydrogen-bond acceptors (Lipinski definition) is 0. The molecule has 0 aliphatic heterocycles. The Balaban J connectivity index is 1.78. The van der Waals surface area contributed by atoms with Gasteiger partial charge in [0.05, 0.1) is 0 Å². The van der Waals surface area contributed by atoms with E-state index in [-0.39, 0.29) is 10.8 Å². The first kappa shape index (κ1) is 19.4. The fraction of sp³-hybridized carbons (Fsp3) is 0.241. The van der Waals surface area contributed by atoms with Gasteiger partial charge in [-0.3, -0.25) is 0 Å². The molecule has 0 aromatic heterocycles. The normalized spacial score (nSPS) is 17.3. The quantitative estimate of drug-likeness (QED) is 0.349. The molecule has 0 heterocycles. The fourth-order valence-corrected chi connectivity index (χ4v) is 5.42. The standard InChI is InChI=1S/C29H27Cl/c1-18-6-7-19-8-9-21-16-26-22(17-27(21)29(4,5)25(19)14-18)11-10-20-15-23(30)12-13-24(20)28(26,2)3/h6-17H,1-5H3. The Kier molecular flexibility index (Phi) is 4.18. The first-order valence-corrected chi connectivity index (χ1v) is 11.0. The average molecular weight is 411 g/mol. The molecule has 0 fully saturated rings. The second-order valence-electron chi connectivity index (χ2n) is 9.77. The van der Waals surface area contributed by atoms with E-state index in [0.29, 0.717) is 0 Å². The lowest BCUT2D eigenvalue weighted by atomic mass is 9.71. The summed E-state index contributed by atoms with van der Waals surface area (Å²) in [6.45, 7) is 11.5. The van der Waals surface area contributed by atoms with Gasteiger partial charge in [0.1, 0.15) is 0 Å². The van der Waals surface area contributed by atoms with Crippen molar-refractivity contribution in [2.24, 2.45) is 0 Å². The van der Waals surface area contributed by atoms with E-state index in [1.807, 2.05) is 6.07 Å². The summed E-state index contributed by atoms with van der Waals surface area (Å²) in [5, 5.41) is 0.784. The molecule has 0 bridgehead atoms. The molecule has 0 saturated carbocycles. The Morgan fingerprint density at radius 3 is 1.67 bits per heavy atom. The van der Waals surface area contributed by atoms with Crippen LogP contribution in [0.4, 0.5) is 0 Å². The largest absolute Gasteiger partial charge is 0.0843 e. The predicted octanol–water partition coefficient (Wildman–Crippen LogP) is 8.27. The van der Waals surface area contributed by atoms with E-state index in [1.54, 1.807) is 0 Å². The summed E-state index contributed by atoms with van der Waals surface area (Å²) in [7, 11) is 0. The van der Waals surface area contributed by atoms with E-state index in [0.717, 1.165) is 5.02 Å². The molecule has 30 heavy (non-hydrogen) atoms. The highest BCUT2D eigenvalue weighted by molar-refractivity contribution is 6.30. The Bertz CT molecular complexity index is 1250. The molecule has 0 unspecified atom stereocenters. The van der Waals surface area contributed by atoms with Gasteiger partial charge in [-0.25, -0.2) is 0 Å². The van der Waals surface area contributed by atoms with Gasteiger partial charge in [-0.05, 0) is 75.7 Å². The summed E-state index contributed by atoms with van der Waals surface area (Å²) in [6, 6.07) is 17.9. The number of benzene rings is 3. The monoisotopic (exact) mass is 410 g/mol. The van der Waals surface area contributed by atoms with Crippen LogP contribution < -0.4 is 0 Å². The SMILES string of the molecule is Cc1ccc2c(c1)C(C)(C)c1cc3c(cc1C=C2)C(C)(C)c1ccc(Cl)cc1C=C3. The van der Waals surface area contributed by atoms with E-state index in [1.165, 1.54) is 50.1 Å². The van der Waals surface area contributed by atoms with Gasteiger partial charge in [0, 0.05) is 15.9 Å². The van der Waals surface area contributed by atoms with E-state index in [2.05, 4.69) is 101 Å². The van der Waals surface area contributed by atoms with Crippen LogP contribution in [0.2, 0.25) is 5.02 Å². The number of aryl methyl sites for hydroxylation is 1. The van der Waals surface area contributed by atoms with Crippen molar-refractivity contribution in [2.45, 2.75) is 45.4 Å². The Hall–Kier alpha value is -2.57. The lowest BCUT2D eigenvalue weighted by molar-refractivity contribution is 0.624. The molecule has 0 amide bonds. The topological polar surface area (TPSA) is 0 Å². The van der Waals surface area contributed by atoms with Gasteiger partial charge in [0.2, 0.25) is 0 Å². The molecule has 0 spiro atoms. The van der Waals surface area contributed by atoms with Crippen molar-refractivity contribution >= 4 is 35.9 Å². The molecule has 1 heteroatoms. The summed E-state index contributed by atoms with van der Waals surface area (Å²) in [5.41, 5.74) is 11.7. The van der Waals surface area contributed by atoms with Crippen LogP contribution >= 0.6 is 11.6 Å². The van der Waals surface area contributed by atoms with Gasteiger partial charge >= 0.3 is 0 Å². The summed E-state index contributed by atoms with van der Waals surface area (Å²) in [6.07, 6.45) is 9.06. The smallest absolute Gasteiger partial charge is 0.0412 e. The Morgan fingerprint density at radius 1 is 0.533 bits per heavy atom. The van der Waals surface area contributed by atoms with E-state index in [4.69, 9.17) is 11.6 Å². The summed E-state index contributed by atoms with van der Waals surface area (Å²) < 4.78 is 0. The van der Waals surface area contributed by atoms with Crippen molar-refractivity contribution in [3.8, 4) is 0 Å². The maximum atomic E-state index is 6.31. The summed E-state index contributed by atoms with van der Waals surface area (Å²) in [5.74, 6) is 0. The molecule has 0 atom stereocenters. The molecule has 0 nitrogen and oxygen atoms in total. The number of rotatable bonds is 0. The first-order valence-electron chi connectivity index (χ1n) is 10.6. The predicted molar refractivity (Wildman–Crippen MR) is 131 cm³/mol. The molecule has 2 aliphatic rings. The van der Waals surface area contributed by atoms with Crippen molar-refractivity contribution in [2.75, 3.05) is 0 Å². The lowest BCUT2D eigenvalue weighted by Crippen LogP contribution is -2.24. The Morgan fingerprint density at radius 2 is 1.03 bits per heavy atom. The first-order chi connectivity index (χ1) is 14.2. The van der Waals surface area contributed by atoms with E-state index < -0.39 is 0 Å². The van der Waals surface area contributed by atoms with Crippen LogP contribution in [-0.2, 0) is 10.8 Å². The van der Waals surface area contributed by atoms with Gasteiger partial charge in [-0.15, -0.1) is 0 Å². The molecule has 3 aromatic carbocycles. The summed E-state index contributed by atoms with van der Waals surface area (Å²) in [4.78, 5) is 0. The van der Waals surface area contributed by atoms with Crippen molar-refractivity contribution in [1.82, 2.24) is 0 Å². The van der Waals surface area contributed by atoms with E-state index >= 15 is 0 Å². The third-order valence-corrected chi connectivity index (χ3v) is 7.26. The number of halogens is 1. The molecule has 0 N–H and O–H groups in total. The minimum absolute atomic E-state index is 0.0737. The van der Waals surface area contributed by atoms with Gasteiger partial charge < -0.3 is 0 Å². The van der Waals surface area contributed by atoms with Crippen LogP contribution in [0.3, 0.4) is 0 Å². The zero-order valence-electron chi connectivity index (χ0n) is 18.3. The fourth-order valence-electron chi connectivity index (χ4n) is 5.24. The van der Waals surface area contributed by atoms with Crippen LogP contribution in [0.5, 0.6) is 0 Å². The molecule has 3 aromatic rings. The lowest BCUT2D eigenvalue weighted by Gasteiger charge is -2.32. The highest BCUT2D eigenvalue weighted by Crippen LogP contribution is 2.45.